The number of aliphatic carboxylic acids is 1. The third-order valence-corrected chi connectivity index (χ3v) is 6.19. The number of carbonyl (C=O) groups is 1. The van der Waals surface area contributed by atoms with Gasteiger partial charge in [0.2, 0.25) is 0 Å². The Balaban J connectivity index is 1.80. The van der Waals surface area contributed by atoms with Crippen LogP contribution in [0.4, 0.5) is 17.1 Å². The smallest absolute Gasteiger partial charge is 0.303 e. The lowest BCUT2D eigenvalue weighted by Gasteiger charge is -2.27. The second kappa shape index (κ2) is 11.6. The van der Waals surface area contributed by atoms with Gasteiger partial charge >= 0.3 is 5.97 Å². The van der Waals surface area contributed by atoms with E-state index in [1.54, 1.807) is 7.11 Å². The fourth-order valence-electron chi connectivity index (χ4n) is 4.08. The molecule has 0 bridgehead atoms. The Labute approximate surface area is 197 Å². The fraction of sp³-hybridized carbons (Fsp3) is 0.345. The van der Waals surface area contributed by atoms with Gasteiger partial charge in [-0.05, 0) is 105 Å². The van der Waals surface area contributed by atoms with Crippen LogP contribution in [0.15, 0.2) is 60.7 Å². The fourth-order valence-corrected chi connectivity index (χ4v) is 4.08. The monoisotopic (exact) mass is 445 g/mol. The largest absolute Gasteiger partial charge is 0.496 e. The van der Waals surface area contributed by atoms with Crippen LogP contribution >= 0.6 is 0 Å². The number of hydrogen-bond donors (Lipinski definition) is 1. The highest BCUT2D eigenvalue weighted by molar-refractivity contribution is 5.77. The van der Waals surface area contributed by atoms with Crippen LogP contribution in [-0.4, -0.2) is 18.2 Å². The van der Waals surface area contributed by atoms with Crippen molar-refractivity contribution in [2.45, 2.75) is 59.3 Å². The summed E-state index contributed by atoms with van der Waals surface area (Å²) < 4.78 is 5.47. The van der Waals surface area contributed by atoms with Crippen LogP contribution in [0.1, 0.15) is 54.4 Å². The van der Waals surface area contributed by atoms with Gasteiger partial charge in [-0.1, -0.05) is 31.0 Å². The molecule has 0 aliphatic heterocycles. The maximum absolute atomic E-state index is 10.6. The minimum absolute atomic E-state index is 0.272. The standard InChI is InChI=1S/C29H35NO3/c1-21-11-14-26(19-22(21)2)30(27-17-18-28(33-4)23(3)20-27)25-15-12-24(13-16-25)9-7-5-6-8-10-29(31)32/h11-20H,5-10H2,1-4H3,(H,31,32). The quantitative estimate of drug-likeness (QED) is 0.308. The van der Waals surface area contributed by atoms with Crippen molar-refractivity contribution < 1.29 is 14.6 Å². The molecule has 0 spiro atoms. The lowest BCUT2D eigenvalue weighted by Crippen LogP contribution is -2.11. The number of unbranched alkanes of at least 4 members (excludes halogenated alkanes) is 3. The SMILES string of the molecule is COc1ccc(N(c2ccc(CCCCCCC(=O)O)cc2)c2ccc(C)c(C)c2)cc1C. The van der Waals surface area contributed by atoms with Crippen LogP contribution in [0.5, 0.6) is 5.75 Å². The predicted octanol–water partition coefficient (Wildman–Crippen LogP) is 7.67. The Kier molecular flexibility index (Phi) is 8.53. The molecule has 0 unspecified atom stereocenters. The summed E-state index contributed by atoms with van der Waals surface area (Å²) in [5.41, 5.74) is 8.31. The van der Waals surface area contributed by atoms with Crippen molar-refractivity contribution in [2.75, 3.05) is 12.0 Å². The molecule has 0 aromatic heterocycles. The van der Waals surface area contributed by atoms with E-state index in [9.17, 15) is 4.79 Å². The van der Waals surface area contributed by atoms with Gasteiger partial charge in [-0.25, -0.2) is 0 Å². The number of carboxylic acid groups (broad SMARTS) is 1. The van der Waals surface area contributed by atoms with E-state index in [0.29, 0.717) is 0 Å². The molecule has 3 aromatic carbocycles. The number of aryl methyl sites for hydroxylation is 4. The van der Waals surface area contributed by atoms with E-state index in [4.69, 9.17) is 9.84 Å². The van der Waals surface area contributed by atoms with Gasteiger partial charge in [-0.2, -0.15) is 0 Å². The average molecular weight is 446 g/mol. The molecule has 0 aliphatic carbocycles. The van der Waals surface area contributed by atoms with Gasteiger partial charge in [0.05, 0.1) is 7.11 Å². The Hall–Kier alpha value is -3.27. The summed E-state index contributed by atoms with van der Waals surface area (Å²) >= 11 is 0. The molecule has 0 saturated carbocycles. The molecule has 0 fully saturated rings. The molecule has 33 heavy (non-hydrogen) atoms. The van der Waals surface area contributed by atoms with Crippen molar-refractivity contribution in [2.24, 2.45) is 0 Å². The van der Waals surface area contributed by atoms with E-state index in [-0.39, 0.29) is 6.42 Å². The molecule has 0 amide bonds. The van der Waals surface area contributed by atoms with Gasteiger partial charge in [0, 0.05) is 23.5 Å². The molecule has 0 aliphatic rings. The molecular weight excluding hydrogens is 410 g/mol. The topological polar surface area (TPSA) is 49.8 Å². The van der Waals surface area contributed by atoms with Crippen molar-refractivity contribution in [1.29, 1.82) is 0 Å². The minimum Gasteiger partial charge on any atom is -0.496 e. The zero-order valence-corrected chi connectivity index (χ0v) is 20.2. The molecule has 3 aromatic rings. The number of methoxy groups -OCH3 is 1. The van der Waals surface area contributed by atoms with Crippen molar-refractivity contribution in [3.05, 3.63) is 82.9 Å². The molecule has 0 saturated heterocycles. The molecule has 0 atom stereocenters. The van der Waals surface area contributed by atoms with Crippen LogP contribution in [0.25, 0.3) is 0 Å². The lowest BCUT2D eigenvalue weighted by molar-refractivity contribution is -0.137. The van der Waals surface area contributed by atoms with Crippen LogP contribution in [-0.2, 0) is 11.2 Å². The summed E-state index contributed by atoms with van der Waals surface area (Å²) in [6.07, 6.45) is 5.17. The van der Waals surface area contributed by atoms with Gasteiger partial charge in [0.25, 0.3) is 0 Å². The van der Waals surface area contributed by atoms with Gasteiger partial charge in [-0.3, -0.25) is 4.79 Å². The van der Waals surface area contributed by atoms with Gasteiger partial charge in [0.15, 0.2) is 0 Å². The Bertz CT molecular complexity index is 1070. The van der Waals surface area contributed by atoms with Crippen molar-refractivity contribution >= 4 is 23.0 Å². The third kappa shape index (κ3) is 6.61. The summed E-state index contributed by atoms with van der Waals surface area (Å²) in [4.78, 5) is 12.9. The van der Waals surface area contributed by atoms with Crippen molar-refractivity contribution in [1.82, 2.24) is 0 Å². The molecule has 4 heteroatoms. The Morgan fingerprint density at radius 1 is 0.758 bits per heavy atom. The van der Waals surface area contributed by atoms with E-state index in [1.165, 1.54) is 16.7 Å². The van der Waals surface area contributed by atoms with Crippen LogP contribution in [0.3, 0.4) is 0 Å². The van der Waals surface area contributed by atoms with Crippen LogP contribution < -0.4 is 9.64 Å². The number of ether oxygens (including phenoxy) is 1. The summed E-state index contributed by atoms with van der Waals surface area (Å²) in [6, 6.07) is 21.7. The average Bonchev–Trinajstić information content (AvgIpc) is 2.79. The summed E-state index contributed by atoms with van der Waals surface area (Å²) in [5, 5.41) is 8.74. The molecule has 0 radical (unpaired) electrons. The molecule has 0 heterocycles. The molecule has 3 rings (SSSR count). The first-order chi connectivity index (χ1) is 15.9. The third-order valence-electron chi connectivity index (χ3n) is 6.19. The normalized spacial score (nSPS) is 10.8. The van der Waals surface area contributed by atoms with E-state index in [0.717, 1.165) is 60.5 Å². The number of carboxylic acids is 1. The maximum Gasteiger partial charge on any atom is 0.303 e. The molecule has 174 valence electrons. The van der Waals surface area contributed by atoms with Gasteiger partial charge in [0.1, 0.15) is 5.75 Å². The number of rotatable bonds is 11. The first kappa shape index (κ1) is 24.4. The zero-order valence-electron chi connectivity index (χ0n) is 20.2. The second-order valence-electron chi connectivity index (χ2n) is 8.73. The maximum atomic E-state index is 10.6. The van der Waals surface area contributed by atoms with Crippen LogP contribution in [0.2, 0.25) is 0 Å². The van der Waals surface area contributed by atoms with E-state index in [2.05, 4.69) is 80.3 Å². The molecule has 1 N–H and O–H groups in total. The van der Waals surface area contributed by atoms with E-state index in [1.807, 2.05) is 6.07 Å². The summed E-state index contributed by atoms with van der Waals surface area (Å²) in [7, 11) is 1.70. The predicted molar refractivity (Wildman–Crippen MR) is 136 cm³/mol. The van der Waals surface area contributed by atoms with Gasteiger partial charge in [-0.15, -0.1) is 0 Å². The number of nitrogens with zero attached hydrogens (tertiary/aromatic N) is 1. The molecular formula is C29H35NO3. The number of anilines is 3. The number of hydrogen-bond acceptors (Lipinski definition) is 3. The minimum atomic E-state index is -0.703. The lowest BCUT2D eigenvalue weighted by atomic mass is 10.0. The summed E-state index contributed by atoms with van der Waals surface area (Å²) in [5.74, 6) is 0.184. The molecule has 4 nitrogen and oxygen atoms in total. The highest BCUT2D eigenvalue weighted by atomic mass is 16.5. The Morgan fingerprint density at radius 3 is 1.97 bits per heavy atom. The highest BCUT2D eigenvalue weighted by Gasteiger charge is 2.14. The zero-order chi connectivity index (χ0) is 23.8. The second-order valence-corrected chi connectivity index (χ2v) is 8.73. The van der Waals surface area contributed by atoms with E-state index < -0.39 is 5.97 Å². The Morgan fingerprint density at radius 2 is 1.36 bits per heavy atom. The number of benzene rings is 3. The van der Waals surface area contributed by atoms with E-state index >= 15 is 0 Å². The van der Waals surface area contributed by atoms with Crippen molar-refractivity contribution in [3.8, 4) is 5.75 Å². The first-order valence-electron chi connectivity index (χ1n) is 11.7. The van der Waals surface area contributed by atoms with Crippen LogP contribution in [0, 0.1) is 20.8 Å². The first-order valence-corrected chi connectivity index (χ1v) is 11.7. The highest BCUT2D eigenvalue weighted by Crippen LogP contribution is 2.37. The van der Waals surface area contributed by atoms with Crippen molar-refractivity contribution in [3.63, 3.8) is 0 Å². The summed E-state index contributed by atoms with van der Waals surface area (Å²) in [6.45, 7) is 6.35. The van der Waals surface area contributed by atoms with Gasteiger partial charge < -0.3 is 14.7 Å².